The Morgan fingerprint density at radius 2 is 2.11 bits per heavy atom. The van der Waals surface area contributed by atoms with Gasteiger partial charge in [-0.15, -0.1) is 0 Å². The molecule has 2 rings (SSSR count). The topological polar surface area (TPSA) is 64.9 Å². The summed E-state index contributed by atoms with van der Waals surface area (Å²) in [5.74, 6) is 1.22. The second-order valence-corrected chi connectivity index (χ2v) is 4.63. The molecule has 4 nitrogen and oxygen atoms in total. The molecular formula is C14H19N3O. The Bertz CT molecular complexity index is 534. The van der Waals surface area contributed by atoms with E-state index in [-0.39, 0.29) is 6.04 Å². The standard InChI is InChI=1S/C14H19N3O/c1-4-5-12-16-14(17-18-12)13(15)11-8-9(2)6-7-10(11)3/h6-8,13H,4-5,15H2,1-3H3. The predicted octanol–water partition coefficient (Wildman–Crippen LogP) is 2.69. The fourth-order valence-corrected chi connectivity index (χ4v) is 1.94. The monoisotopic (exact) mass is 245 g/mol. The summed E-state index contributed by atoms with van der Waals surface area (Å²) in [5.41, 5.74) is 9.60. The zero-order chi connectivity index (χ0) is 13.1. The minimum atomic E-state index is -0.320. The van der Waals surface area contributed by atoms with Crippen molar-refractivity contribution in [2.75, 3.05) is 0 Å². The zero-order valence-electron chi connectivity index (χ0n) is 11.1. The molecule has 1 unspecified atom stereocenters. The zero-order valence-corrected chi connectivity index (χ0v) is 11.1. The highest BCUT2D eigenvalue weighted by Crippen LogP contribution is 2.22. The van der Waals surface area contributed by atoms with Crippen molar-refractivity contribution in [2.24, 2.45) is 5.73 Å². The molecule has 2 N–H and O–H groups in total. The van der Waals surface area contributed by atoms with Crippen molar-refractivity contribution >= 4 is 0 Å². The SMILES string of the molecule is CCCc1nc(C(N)c2cc(C)ccc2C)no1. The van der Waals surface area contributed by atoms with Crippen molar-refractivity contribution in [1.29, 1.82) is 0 Å². The second kappa shape index (κ2) is 5.31. The van der Waals surface area contributed by atoms with Crippen molar-refractivity contribution in [3.8, 4) is 0 Å². The molecule has 0 amide bonds. The molecule has 4 heteroatoms. The van der Waals surface area contributed by atoms with Gasteiger partial charge in [0.05, 0.1) is 6.04 Å². The number of rotatable bonds is 4. The molecule has 0 fully saturated rings. The van der Waals surface area contributed by atoms with Crippen molar-refractivity contribution in [3.05, 3.63) is 46.6 Å². The van der Waals surface area contributed by atoms with Crippen LogP contribution < -0.4 is 5.73 Å². The summed E-state index contributed by atoms with van der Waals surface area (Å²) >= 11 is 0. The molecule has 0 aliphatic rings. The van der Waals surface area contributed by atoms with Crippen LogP contribution in [0.1, 0.15) is 47.8 Å². The van der Waals surface area contributed by atoms with Gasteiger partial charge < -0.3 is 10.3 Å². The predicted molar refractivity (Wildman–Crippen MR) is 70.2 cm³/mol. The van der Waals surface area contributed by atoms with Crippen LogP contribution in [0.15, 0.2) is 22.7 Å². The molecule has 0 saturated carbocycles. The number of aromatic nitrogens is 2. The Morgan fingerprint density at radius 3 is 2.83 bits per heavy atom. The summed E-state index contributed by atoms with van der Waals surface area (Å²) in [5, 5.41) is 3.97. The molecule has 0 spiro atoms. The van der Waals surface area contributed by atoms with E-state index in [9.17, 15) is 0 Å². The van der Waals surface area contributed by atoms with Crippen molar-refractivity contribution in [2.45, 2.75) is 39.7 Å². The van der Waals surface area contributed by atoms with Crippen LogP contribution in [0.2, 0.25) is 0 Å². The van der Waals surface area contributed by atoms with Gasteiger partial charge in [0.25, 0.3) is 0 Å². The Morgan fingerprint density at radius 1 is 1.33 bits per heavy atom. The van der Waals surface area contributed by atoms with E-state index < -0.39 is 0 Å². The van der Waals surface area contributed by atoms with E-state index in [1.807, 2.05) is 13.8 Å². The molecule has 1 atom stereocenters. The van der Waals surface area contributed by atoms with Gasteiger partial charge in [0.15, 0.2) is 5.82 Å². The first kappa shape index (κ1) is 12.8. The van der Waals surface area contributed by atoms with Crippen LogP contribution in [0.4, 0.5) is 0 Å². The van der Waals surface area contributed by atoms with Crippen molar-refractivity contribution in [3.63, 3.8) is 0 Å². The second-order valence-electron chi connectivity index (χ2n) is 4.63. The first-order chi connectivity index (χ1) is 8.61. The van der Waals surface area contributed by atoms with Gasteiger partial charge in [-0.1, -0.05) is 35.8 Å². The van der Waals surface area contributed by atoms with Gasteiger partial charge in [-0.05, 0) is 31.4 Å². The van der Waals surface area contributed by atoms with Crippen LogP contribution in [-0.2, 0) is 6.42 Å². The highest BCUT2D eigenvalue weighted by molar-refractivity contribution is 5.35. The lowest BCUT2D eigenvalue weighted by atomic mass is 9.99. The van der Waals surface area contributed by atoms with Crippen LogP contribution >= 0.6 is 0 Å². The van der Waals surface area contributed by atoms with Gasteiger partial charge in [0.1, 0.15) is 0 Å². The number of benzene rings is 1. The van der Waals surface area contributed by atoms with Gasteiger partial charge >= 0.3 is 0 Å². The van der Waals surface area contributed by atoms with E-state index in [0.29, 0.717) is 11.7 Å². The van der Waals surface area contributed by atoms with Crippen LogP contribution in [0.3, 0.4) is 0 Å². The number of nitrogens with zero attached hydrogens (tertiary/aromatic N) is 2. The molecule has 1 aromatic heterocycles. The van der Waals surface area contributed by atoms with E-state index in [1.54, 1.807) is 0 Å². The Hall–Kier alpha value is -1.68. The highest BCUT2D eigenvalue weighted by atomic mass is 16.5. The van der Waals surface area contributed by atoms with Crippen LogP contribution in [0.5, 0.6) is 0 Å². The summed E-state index contributed by atoms with van der Waals surface area (Å²) < 4.78 is 5.18. The van der Waals surface area contributed by atoms with E-state index in [1.165, 1.54) is 5.56 Å². The third kappa shape index (κ3) is 2.59. The molecule has 96 valence electrons. The fourth-order valence-electron chi connectivity index (χ4n) is 1.94. The maximum Gasteiger partial charge on any atom is 0.226 e. The molecule has 0 aliphatic heterocycles. The van der Waals surface area contributed by atoms with Crippen molar-refractivity contribution in [1.82, 2.24) is 10.1 Å². The van der Waals surface area contributed by atoms with Crippen LogP contribution in [0.25, 0.3) is 0 Å². The summed E-state index contributed by atoms with van der Waals surface area (Å²) in [6.07, 6.45) is 1.78. The molecule has 0 aliphatic carbocycles. The average molecular weight is 245 g/mol. The van der Waals surface area contributed by atoms with Gasteiger partial charge in [0, 0.05) is 6.42 Å². The first-order valence-electron chi connectivity index (χ1n) is 6.27. The average Bonchev–Trinajstić information content (AvgIpc) is 2.80. The Labute approximate surface area is 107 Å². The summed E-state index contributed by atoms with van der Waals surface area (Å²) in [4.78, 5) is 4.34. The van der Waals surface area contributed by atoms with E-state index in [2.05, 4.69) is 35.3 Å². The minimum Gasteiger partial charge on any atom is -0.339 e. The Balaban J connectivity index is 2.29. The van der Waals surface area contributed by atoms with E-state index >= 15 is 0 Å². The third-order valence-electron chi connectivity index (χ3n) is 3.00. The molecule has 0 bridgehead atoms. The molecule has 2 aromatic rings. The van der Waals surface area contributed by atoms with Crippen LogP contribution in [-0.4, -0.2) is 10.1 Å². The lowest BCUT2D eigenvalue weighted by Gasteiger charge is -2.11. The molecular weight excluding hydrogens is 226 g/mol. The smallest absolute Gasteiger partial charge is 0.226 e. The maximum atomic E-state index is 6.21. The summed E-state index contributed by atoms with van der Waals surface area (Å²) in [6.45, 7) is 6.17. The van der Waals surface area contributed by atoms with Gasteiger partial charge in [-0.3, -0.25) is 0 Å². The fraction of sp³-hybridized carbons (Fsp3) is 0.429. The number of hydrogen-bond donors (Lipinski definition) is 1. The number of aryl methyl sites for hydroxylation is 3. The lowest BCUT2D eigenvalue weighted by Crippen LogP contribution is -2.15. The summed E-state index contributed by atoms with van der Waals surface area (Å²) in [6, 6.07) is 5.90. The normalized spacial score (nSPS) is 12.7. The van der Waals surface area contributed by atoms with E-state index in [4.69, 9.17) is 10.3 Å². The lowest BCUT2D eigenvalue weighted by molar-refractivity contribution is 0.370. The Kier molecular flexibility index (Phi) is 3.77. The van der Waals surface area contributed by atoms with Gasteiger partial charge in [-0.25, -0.2) is 0 Å². The third-order valence-corrected chi connectivity index (χ3v) is 3.00. The van der Waals surface area contributed by atoms with Gasteiger partial charge in [0.2, 0.25) is 5.89 Å². The van der Waals surface area contributed by atoms with Gasteiger partial charge in [-0.2, -0.15) is 4.98 Å². The largest absolute Gasteiger partial charge is 0.339 e. The summed E-state index contributed by atoms with van der Waals surface area (Å²) in [7, 11) is 0. The van der Waals surface area contributed by atoms with Crippen molar-refractivity contribution < 1.29 is 4.52 Å². The quantitative estimate of drug-likeness (QED) is 0.899. The maximum absolute atomic E-state index is 6.21. The molecule has 1 heterocycles. The first-order valence-corrected chi connectivity index (χ1v) is 6.27. The number of hydrogen-bond acceptors (Lipinski definition) is 4. The molecule has 1 aromatic carbocycles. The highest BCUT2D eigenvalue weighted by Gasteiger charge is 2.17. The molecule has 18 heavy (non-hydrogen) atoms. The minimum absolute atomic E-state index is 0.320. The van der Waals surface area contributed by atoms with Crippen LogP contribution in [0, 0.1) is 13.8 Å². The van der Waals surface area contributed by atoms with E-state index in [0.717, 1.165) is 24.0 Å². The molecule has 0 radical (unpaired) electrons. The number of nitrogens with two attached hydrogens (primary N) is 1. The molecule has 0 saturated heterocycles.